The van der Waals surface area contributed by atoms with E-state index in [-0.39, 0.29) is 44.5 Å². The van der Waals surface area contributed by atoms with Gasteiger partial charge in [-0.05, 0) is 20.5 Å². The van der Waals surface area contributed by atoms with Gasteiger partial charge in [-0.3, -0.25) is 19.4 Å². The number of nitrogens with zero attached hydrogens (tertiary/aromatic N) is 4. The molecule has 13 heteroatoms. The van der Waals surface area contributed by atoms with Crippen molar-refractivity contribution < 1.29 is 33.9 Å². The Kier molecular flexibility index (Phi) is 26.9. The summed E-state index contributed by atoms with van der Waals surface area (Å²) in [6.07, 6.45) is 2.56. The molecule has 1 saturated heterocycles. The van der Waals surface area contributed by atoms with E-state index < -0.39 is 5.97 Å². The fraction of sp³-hybridized carbons (Fsp3) is 0.800. The number of unbranched alkanes of at least 4 members (excludes halogenated alkanes) is 1. The Morgan fingerprint density at radius 3 is 1.55 bits per heavy atom. The van der Waals surface area contributed by atoms with Crippen molar-refractivity contribution in [2.75, 3.05) is 86.1 Å². The molecular formula is C20H40GaN5O7. The summed E-state index contributed by atoms with van der Waals surface area (Å²) < 4.78 is 0. The third-order valence-electron chi connectivity index (χ3n) is 4.77. The molecule has 1 aliphatic rings. The summed E-state index contributed by atoms with van der Waals surface area (Å²) in [5.74, 6) is -0.749. The fourth-order valence-corrected chi connectivity index (χ4v) is 2.87. The molecule has 1 fully saturated rings. The Morgan fingerprint density at radius 1 is 0.788 bits per heavy atom. The molecule has 0 aromatic rings. The van der Waals surface area contributed by atoms with Gasteiger partial charge in [0.25, 0.3) is 0 Å². The van der Waals surface area contributed by atoms with E-state index in [1.165, 1.54) is 0 Å². The number of carboxylic acid groups (broad SMARTS) is 1. The summed E-state index contributed by atoms with van der Waals surface area (Å²) in [5.41, 5.74) is 0. The number of nitrogens with one attached hydrogen (secondary N) is 1. The molecule has 0 spiro atoms. The maximum atomic E-state index is 12.2. The van der Waals surface area contributed by atoms with Crippen LogP contribution in [0.25, 0.3) is 0 Å². The summed E-state index contributed by atoms with van der Waals surface area (Å²) in [7, 11) is 4.18. The van der Waals surface area contributed by atoms with Crippen LogP contribution in [0.3, 0.4) is 0 Å². The Labute approximate surface area is 208 Å². The van der Waals surface area contributed by atoms with Gasteiger partial charge in [-0.25, -0.2) is 0 Å². The van der Waals surface area contributed by atoms with Crippen molar-refractivity contribution in [2.45, 2.75) is 19.8 Å². The van der Waals surface area contributed by atoms with Crippen molar-refractivity contribution >= 4 is 44.0 Å². The second-order valence-corrected chi connectivity index (χ2v) is 7.42. The molecule has 2 N–H and O–H groups in total. The van der Waals surface area contributed by atoms with Crippen molar-refractivity contribution in [1.82, 2.24) is 24.9 Å². The van der Waals surface area contributed by atoms with Crippen LogP contribution in [0.4, 0.5) is 0 Å². The number of aliphatic carboxylic acids is 1. The fourth-order valence-electron chi connectivity index (χ4n) is 2.87. The average molecular weight is 530 g/mol. The van der Waals surface area contributed by atoms with E-state index >= 15 is 0 Å². The number of carbonyl (C=O) groups excluding carboxylic acids is 5. The zero-order valence-corrected chi connectivity index (χ0v) is 19.4. The van der Waals surface area contributed by atoms with Gasteiger partial charge in [0.05, 0.1) is 13.1 Å². The predicted octanol–water partition coefficient (Wildman–Crippen LogP) is -2.88. The van der Waals surface area contributed by atoms with Gasteiger partial charge < -0.3 is 20.2 Å². The standard InChI is InChI=1S/C18H37N5O3.2CO2.Ga.3H/c1-4-5-6-19-17(24)15-22-11-9-20(2)7-8-21(3)10-12-23(14-13-22)16-18(25)26;2*2-1-3;;;;/h4-16H2,1-3H3,(H,19,24)(H,25,26);;;;;;/i;;;1-2;;;. The zero-order chi connectivity index (χ0) is 24.8. The predicted molar refractivity (Wildman–Crippen MR) is 123 cm³/mol. The summed E-state index contributed by atoms with van der Waals surface area (Å²) in [6.45, 7) is 9.80. The van der Waals surface area contributed by atoms with Crippen LogP contribution in [-0.2, 0) is 28.8 Å². The Morgan fingerprint density at radius 2 is 1.15 bits per heavy atom. The third kappa shape index (κ3) is 24.6. The van der Waals surface area contributed by atoms with Gasteiger partial charge in [0, 0.05) is 58.9 Å². The van der Waals surface area contributed by atoms with Crippen molar-refractivity contribution in [2.24, 2.45) is 0 Å². The minimum absolute atomic E-state index is 0. The molecule has 0 atom stereocenters. The second-order valence-electron chi connectivity index (χ2n) is 7.42. The number of carboxylic acids is 1. The van der Waals surface area contributed by atoms with E-state index in [1.807, 2.05) is 4.90 Å². The number of carbonyl (C=O) groups is 2. The van der Waals surface area contributed by atoms with E-state index in [0.717, 1.165) is 58.7 Å². The van der Waals surface area contributed by atoms with E-state index in [4.69, 9.17) is 24.3 Å². The molecule has 1 rings (SSSR count). The van der Waals surface area contributed by atoms with Crippen LogP contribution in [-0.4, -0.2) is 155 Å². The van der Waals surface area contributed by atoms with Gasteiger partial charge in [0.2, 0.25) is 5.91 Å². The minimum atomic E-state index is -0.802. The quantitative estimate of drug-likeness (QED) is 0.258. The molecule has 0 aromatic heterocycles. The van der Waals surface area contributed by atoms with Crippen molar-refractivity contribution in [3.05, 3.63) is 0 Å². The van der Waals surface area contributed by atoms with Gasteiger partial charge in [-0.15, -0.1) is 0 Å². The van der Waals surface area contributed by atoms with Gasteiger partial charge in [-0.1, -0.05) is 13.3 Å². The molecule has 1 aliphatic heterocycles. The van der Waals surface area contributed by atoms with Crippen molar-refractivity contribution in [3.63, 3.8) is 0 Å². The Hall–Kier alpha value is -1.82. The maximum absolute atomic E-state index is 12.2. The first kappa shape index (κ1) is 35.8. The van der Waals surface area contributed by atoms with Crippen LogP contribution < -0.4 is 5.32 Å². The molecule has 0 aromatic carbocycles. The SMILES string of the molecule is CCCCNC(=O)CN1CCN(C)CCN(C)CCN(CC(=O)O)CC1.O=C=O.O=C=O.[68GaH3]. The monoisotopic (exact) mass is 530 g/mol. The molecule has 12 nitrogen and oxygen atoms in total. The van der Waals surface area contributed by atoms with Crippen LogP contribution in [0.1, 0.15) is 19.8 Å². The number of rotatable bonds is 7. The van der Waals surface area contributed by atoms with Crippen LogP contribution in [0.15, 0.2) is 0 Å². The number of amides is 1. The molecule has 190 valence electrons. The number of hydrogen-bond donors (Lipinski definition) is 2. The topological polar surface area (TPSA) is 148 Å². The molecule has 0 bridgehead atoms. The molecule has 33 heavy (non-hydrogen) atoms. The Bertz CT molecular complexity index is 573. The summed E-state index contributed by atoms with van der Waals surface area (Å²) in [4.78, 5) is 64.4. The van der Waals surface area contributed by atoms with Crippen molar-refractivity contribution in [1.29, 1.82) is 0 Å². The normalized spacial score (nSPS) is 16.5. The van der Waals surface area contributed by atoms with Crippen LogP contribution >= 0.6 is 0 Å². The van der Waals surface area contributed by atoms with Gasteiger partial charge in [-0.2, -0.15) is 19.2 Å². The van der Waals surface area contributed by atoms with Crippen LogP contribution in [0, 0.1) is 0 Å². The summed E-state index contributed by atoms with van der Waals surface area (Å²) in [5, 5.41) is 12.1. The summed E-state index contributed by atoms with van der Waals surface area (Å²) >= 11 is 0. The summed E-state index contributed by atoms with van der Waals surface area (Å²) in [6, 6.07) is 0. The zero-order valence-electron chi connectivity index (χ0n) is 19.4. The molecule has 0 saturated carbocycles. The van der Waals surface area contributed by atoms with E-state index in [0.29, 0.717) is 19.6 Å². The van der Waals surface area contributed by atoms with E-state index in [1.54, 1.807) is 0 Å². The van der Waals surface area contributed by atoms with E-state index in [9.17, 15) is 9.59 Å². The Balaban J connectivity index is -0.00000115. The average Bonchev–Trinajstić information content (AvgIpc) is 2.72. The third-order valence-corrected chi connectivity index (χ3v) is 4.77. The molecule has 0 unspecified atom stereocenters. The first-order valence-corrected chi connectivity index (χ1v) is 10.5. The first-order valence-electron chi connectivity index (χ1n) is 10.5. The molecule has 0 aliphatic carbocycles. The second kappa shape index (κ2) is 24.8. The molecular weight excluding hydrogens is 490 g/mol. The molecule has 0 radical (unpaired) electrons. The number of hydrogen-bond acceptors (Lipinski definition) is 10. The van der Waals surface area contributed by atoms with Crippen molar-refractivity contribution in [3.8, 4) is 0 Å². The first-order chi connectivity index (χ1) is 15.2. The van der Waals surface area contributed by atoms with Gasteiger partial charge >= 0.3 is 38.1 Å². The van der Waals surface area contributed by atoms with Crippen LogP contribution in [0.2, 0.25) is 0 Å². The molecule has 1 heterocycles. The molecule has 1 amide bonds. The van der Waals surface area contributed by atoms with Gasteiger partial charge in [0.1, 0.15) is 0 Å². The van der Waals surface area contributed by atoms with Gasteiger partial charge in [0.15, 0.2) is 0 Å². The van der Waals surface area contributed by atoms with E-state index in [2.05, 4.69) is 41.0 Å². The van der Waals surface area contributed by atoms with Crippen LogP contribution in [0.5, 0.6) is 0 Å². The number of likely N-dealkylation sites (N-methyl/N-ethyl adjacent to an activating group) is 2.